The Kier molecular flexibility index (Phi) is 6.63. The number of urea groups is 1. The lowest BCUT2D eigenvalue weighted by molar-refractivity contribution is -0.0526. The lowest BCUT2D eigenvalue weighted by atomic mass is 10.1. The van der Waals surface area contributed by atoms with Crippen molar-refractivity contribution in [3.63, 3.8) is 0 Å². The van der Waals surface area contributed by atoms with E-state index in [0.717, 1.165) is 18.2 Å². The number of nitrogens with zero attached hydrogens (tertiary/aromatic N) is 2. The summed E-state index contributed by atoms with van der Waals surface area (Å²) in [4.78, 5) is 20.0. The second-order valence-corrected chi connectivity index (χ2v) is 5.63. The summed E-state index contributed by atoms with van der Waals surface area (Å²) < 4.78 is 59.1. The molecule has 1 aromatic heterocycles. The van der Waals surface area contributed by atoms with Gasteiger partial charge in [-0.05, 0) is 36.4 Å². The number of hydrogen-bond donors (Lipinski definition) is 2. The van der Waals surface area contributed by atoms with Crippen LogP contribution in [0.5, 0.6) is 11.5 Å². The van der Waals surface area contributed by atoms with Crippen LogP contribution in [0, 0.1) is 0 Å². The van der Waals surface area contributed by atoms with Crippen LogP contribution in [0.1, 0.15) is 0 Å². The number of ether oxygens (including phenoxy) is 2. The fourth-order valence-electron chi connectivity index (χ4n) is 2.44. The Morgan fingerprint density at radius 3 is 2.33 bits per heavy atom. The average molecular weight is 422 g/mol. The number of carbonyl (C=O) groups is 1. The number of aromatic nitrogens is 2. The summed E-state index contributed by atoms with van der Waals surface area (Å²) in [7, 11) is 0. The van der Waals surface area contributed by atoms with E-state index in [1.54, 1.807) is 30.3 Å². The number of alkyl halides is 4. The van der Waals surface area contributed by atoms with Crippen LogP contribution in [0.3, 0.4) is 0 Å². The number of rotatable bonds is 7. The van der Waals surface area contributed by atoms with Gasteiger partial charge in [-0.25, -0.2) is 14.8 Å². The highest BCUT2D eigenvalue weighted by Gasteiger charge is 2.16. The standard InChI is InChI=1S/C19H14F4N4O3/c20-16(21)29-12-6-7-15(30-17(22)23)13(10-12)14-8-9-24-18(26-14)27-19(28)25-11-4-2-1-3-5-11/h1-10,16-17H,(H2,24,25,26,27,28). The van der Waals surface area contributed by atoms with Gasteiger partial charge in [-0.3, -0.25) is 5.32 Å². The minimum Gasteiger partial charge on any atom is -0.435 e. The highest BCUT2D eigenvalue weighted by molar-refractivity contribution is 5.98. The monoisotopic (exact) mass is 422 g/mol. The van der Waals surface area contributed by atoms with E-state index in [4.69, 9.17) is 0 Å². The van der Waals surface area contributed by atoms with E-state index in [9.17, 15) is 22.4 Å². The van der Waals surface area contributed by atoms with E-state index in [1.807, 2.05) is 0 Å². The first-order valence-electron chi connectivity index (χ1n) is 8.41. The number of para-hydroxylation sites is 1. The molecule has 0 unspecified atom stereocenters. The van der Waals surface area contributed by atoms with Gasteiger partial charge >= 0.3 is 19.3 Å². The Hall–Kier alpha value is -3.89. The van der Waals surface area contributed by atoms with Crippen LogP contribution in [0.2, 0.25) is 0 Å². The van der Waals surface area contributed by atoms with E-state index >= 15 is 0 Å². The summed E-state index contributed by atoms with van der Waals surface area (Å²) in [6.45, 7) is -6.26. The molecule has 0 bridgehead atoms. The van der Waals surface area contributed by atoms with Gasteiger partial charge in [-0.1, -0.05) is 18.2 Å². The quantitative estimate of drug-likeness (QED) is 0.524. The van der Waals surface area contributed by atoms with Gasteiger partial charge in [0.25, 0.3) is 0 Å². The molecule has 0 fully saturated rings. The summed E-state index contributed by atoms with van der Waals surface area (Å²) in [5.41, 5.74) is 0.508. The summed E-state index contributed by atoms with van der Waals surface area (Å²) in [5.74, 6) is -0.745. The first-order valence-corrected chi connectivity index (χ1v) is 8.41. The maximum Gasteiger partial charge on any atom is 0.387 e. The SMILES string of the molecule is O=C(Nc1ccccc1)Nc1nccc(-c2cc(OC(F)F)ccc2OC(F)F)n1. The van der Waals surface area contributed by atoms with Gasteiger partial charge in [-0.2, -0.15) is 17.6 Å². The molecule has 0 radical (unpaired) electrons. The van der Waals surface area contributed by atoms with Crippen LogP contribution in [0.4, 0.5) is 34.0 Å². The molecule has 11 heteroatoms. The Balaban J connectivity index is 1.85. The topological polar surface area (TPSA) is 85.4 Å². The van der Waals surface area contributed by atoms with E-state index in [0.29, 0.717) is 5.69 Å². The zero-order valence-electron chi connectivity index (χ0n) is 15.1. The highest BCUT2D eigenvalue weighted by Crippen LogP contribution is 2.34. The van der Waals surface area contributed by atoms with Gasteiger partial charge in [0.1, 0.15) is 11.5 Å². The molecule has 2 amide bonds. The summed E-state index contributed by atoms with van der Waals surface area (Å²) in [5, 5.41) is 4.96. The Bertz CT molecular complexity index is 1010. The second kappa shape index (κ2) is 9.54. The van der Waals surface area contributed by atoms with Gasteiger partial charge in [-0.15, -0.1) is 0 Å². The predicted octanol–water partition coefficient (Wildman–Crippen LogP) is 4.99. The average Bonchev–Trinajstić information content (AvgIpc) is 2.69. The number of nitrogens with one attached hydrogen (secondary N) is 2. The molecule has 0 saturated carbocycles. The summed E-state index contributed by atoms with van der Waals surface area (Å²) >= 11 is 0. The maximum atomic E-state index is 12.7. The molecule has 3 aromatic rings. The molecule has 0 aliphatic carbocycles. The molecule has 0 atom stereocenters. The van der Waals surface area contributed by atoms with Crippen molar-refractivity contribution >= 4 is 17.7 Å². The van der Waals surface area contributed by atoms with Crippen molar-refractivity contribution in [2.75, 3.05) is 10.6 Å². The first-order chi connectivity index (χ1) is 14.4. The lowest BCUT2D eigenvalue weighted by Gasteiger charge is -2.13. The molecule has 0 saturated heterocycles. The van der Waals surface area contributed by atoms with Gasteiger partial charge in [0.15, 0.2) is 0 Å². The number of amides is 2. The minimum absolute atomic E-state index is 0.0374. The summed E-state index contributed by atoms with van der Waals surface area (Å²) in [6.07, 6.45) is 1.26. The van der Waals surface area contributed by atoms with Crippen LogP contribution < -0.4 is 20.1 Å². The van der Waals surface area contributed by atoms with E-state index in [2.05, 4.69) is 30.1 Å². The van der Waals surface area contributed by atoms with E-state index in [1.165, 1.54) is 12.3 Å². The highest BCUT2D eigenvalue weighted by atomic mass is 19.3. The number of carbonyl (C=O) groups excluding carboxylic acids is 1. The van der Waals surface area contributed by atoms with Crippen molar-refractivity contribution in [2.24, 2.45) is 0 Å². The van der Waals surface area contributed by atoms with Crippen molar-refractivity contribution in [3.05, 3.63) is 60.8 Å². The Morgan fingerprint density at radius 1 is 0.900 bits per heavy atom. The molecule has 7 nitrogen and oxygen atoms in total. The fraction of sp³-hybridized carbons (Fsp3) is 0.105. The van der Waals surface area contributed by atoms with Gasteiger partial charge in [0, 0.05) is 17.4 Å². The minimum atomic E-state index is -3.15. The molecular formula is C19H14F4N4O3. The molecule has 0 aliphatic rings. The zero-order chi connectivity index (χ0) is 21.5. The van der Waals surface area contributed by atoms with Crippen LogP contribution in [0.15, 0.2) is 60.8 Å². The van der Waals surface area contributed by atoms with Crippen LogP contribution in [-0.2, 0) is 0 Å². The van der Waals surface area contributed by atoms with Crippen molar-refractivity contribution in [3.8, 4) is 22.8 Å². The van der Waals surface area contributed by atoms with Gasteiger partial charge in [0.05, 0.1) is 5.69 Å². The third-order valence-electron chi connectivity index (χ3n) is 3.58. The van der Waals surface area contributed by atoms with E-state index in [-0.39, 0.29) is 28.7 Å². The van der Waals surface area contributed by atoms with Crippen molar-refractivity contribution < 1.29 is 31.8 Å². The largest absolute Gasteiger partial charge is 0.435 e. The fourth-order valence-corrected chi connectivity index (χ4v) is 2.44. The van der Waals surface area contributed by atoms with Gasteiger partial charge < -0.3 is 14.8 Å². The van der Waals surface area contributed by atoms with Crippen LogP contribution in [-0.4, -0.2) is 29.2 Å². The molecule has 1 heterocycles. The van der Waals surface area contributed by atoms with Gasteiger partial charge in [0.2, 0.25) is 5.95 Å². The van der Waals surface area contributed by atoms with Crippen molar-refractivity contribution in [1.29, 1.82) is 0 Å². The Morgan fingerprint density at radius 2 is 1.63 bits per heavy atom. The zero-order valence-corrected chi connectivity index (χ0v) is 15.1. The third-order valence-corrected chi connectivity index (χ3v) is 3.58. The molecule has 2 aromatic carbocycles. The van der Waals surface area contributed by atoms with Crippen LogP contribution in [0.25, 0.3) is 11.3 Å². The predicted molar refractivity (Wildman–Crippen MR) is 99.8 cm³/mol. The number of benzene rings is 2. The van der Waals surface area contributed by atoms with Crippen molar-refractivity contribution in [1.82, 2.24) is 9.97 Å². The normalized spacial score (nSPS) is 10.7. The second-order valence-electron chi connectivity index (χ2n) is 5.63. The molecule has 30 heavy (non-hydrogen) atoms. The lowest BCUT2D eigenvalue weighted by Crippen LogP contribution is -2.20. The molecule has 0 aliphatic heterocycles. The molecule has 3 rings (SSSR count). The third kappa shape index (κ3) is 5.80. The van der Waals surface area contributed by atoms with Crippen molar-refractivity contribution in [2.45, 2.75) is 13.2 Å². The van der Waals surface area contributed by atoms with E-state index < -0.39 is 19.3 Å². The maximum absolute atomic E-state index is 12.7. The number of anilines is 2. The molecule has 2 N–H and O–H groups in total. The smallest absolute Gasteiger partial charge is 0.387 e. The number of hydrogen-bond acceptors (Lipinski definition) is 5. The first kappa shape index (κ1) is 20.8. The molecule has 156 valence electrons. The molecular weight excluding hydrogens is 408 g/mol. The molecule has 0 spiro atoms. The Labute approximate surface area is 167 Å². The number of halogens is 4. The van der Waals surface area contributed by atoms with Crippen LogP contribution >= 0.6 is 0 Å². The summed E-state index contributed by atoms with van der Waals surface area (Å²) in [6, 6.07) is 12.4.